The number of Topliss-reactive ketones (excluding diaryl/α,β-unsaturated/α-hetero) is 1. The number of ketones is 1. The molecule has 1 aliphatic heterocycles. The summed E-state index contributed by atoms with van der Waals surface area (Å²) in [6.45, 7) is 8.41. The van der Waals surface area contributed by atoms with E-state index in [0.29, 0.717) is 35.8 Å². The standard InChI is InChI=1S/C37H37N7O4/c1-23-27(21-38)19-30(35(46)43(23)28-8-6-5-7-9-28)32(45)18-24-10-12-25(13-11-24)29-20-31(44-33(29)34(39)40-22-41-44)26-14-16-42(17-15-26)36(47)48-37(2,3)4/h5-13,19-20,22,26H,14-18H2,1-4H3,(H2,39,40,41). The maximum atomic E-state index is 13.5. The number of piperidine rings is 1. The van der Waals surface area contributed by atoms with Crippen molar-refractivity contribution in [3.8, 4) is 22.9 Å². The van der Waals surface area contributed by atoms with Gasteiger partial charge in [-0.1, -0.05) is 42.5 Å². The molecule has 0 atom stereocenters. The molecule has 5 aromatic rings. The number of nitrogens with zero attached hydrogens (tertiary/aromatic N) is 6. The number of para-hydroxylation sites is 1. The predicted octanol–water partition coefficient (Wildman–Crippen LogP) is 5.85. The highest BCUT2D eigenvalue weighted by molar-refractivity contribution is 5.98. The van der Waals surface area contributed by atoms with Crippen molar-refractivity contribution in [3.63, 3.8) is 0 Å². The predicted molar refractivity (Wildman–Crippen MR) is 182 cm³/mol. The van der Waals surface area contributed by atoms with Gasteiger partial charge in [-0.15, -0.1) is 0 Å². The number of carbonyl (C=O) groups excluding carboxylic acids is 2. The lowest BCUT2D eigenvalue weighted by Gasteiger charge is -2.33. The SMILES string of the molecule is Cc1c(C#N)cc(C(=O)Cc2ccc(-c3cc(C4CCN(C(=O)OC(C)(C)C)CC4)n4ncnc(N)c34)cc2)c(=O)n1-c1ccccc1. The van der Waals surface area contributed by atoms with Crippen LogP contribution in [0, 0.1) is 18.3 Å². The number of amides is 1. The number of carbonyl (C=O) groups is 2. The van der Waals surface area contributed by atoms with E-state index < -0.39 is 11.2 Å². The second-order valence-electron chi connectivity index (χ2n) is 13.1. The van der Waals surface area contributed by atoms with Gasteiger partial charge in [-0.05, 0) is 75.9 Å². The smallest absolute Gasteiger partial charge is 0.410 e. The third kappa shape index (κ3) is 6.29. The molecule has 0 spiro atoms. The number of ether oxygens (including phenoxy) is 1. The maximum Gasteiger partial charge on any atom is 0.410 e. The first-order valence-corrected chi connectivity index (χ1v) is 15.9. The molecule has 48 heavy (non-hydrogen) atoms. The minimum absolute atomic E-state index is 0.0124. The number of aromatic nitrogens is 4. The number of likely N-dealkylation sites (tertiary alicyclic amines) is 1. The minimum atomic E-state index is -0.552. The third-order valence-corrected chi connectivity index (χ3v) is 8.69. The van der Waals surface area contributed by atoms with Gasteiger partial charge in [0.1, 0.15) is 23.5 Å². The van der Waals surface area contributed by atoms with E-state index in [0.717, 1.165) is 35.2 Å². The van der Waals surface area contributed by atoms with Gasteiger partial charge in [0.15, 0.2) is 11.6 Å². The number of pyridine rings is 1. The van der Waals surface area contributed by atoms with Crippen molar-refractivity contribution >= 4 is 23.2 Å². The summed E-state index contributed by atoms with van der Waals surface area (Å²) in [7, 11) is 0. The molecule has 0 aliphatic carbocycles. The summed E-state index contributed by atoms with van der Waals surface area (Å²) >= 11 is 0. The molecule has 6 rings (SSSR count). The van der Waals surface area contributed by atoms with Crippen molar-refractivity contribution in [2.24, 2.45) is 0 Å². The van der Waals surface area contributed by atoms with E-state index in [1.54, 1.807) is 36.1 Å². The number of hydrogen-bond acceptors (Lipinski definition) is 8. The number of hydrogen-bond donors (Lipinski definition) is 1. The number of nitrogen functional groups attached to an aromatic ring is 1. The van der Waals surface area contributed by atoms with Crippen LogP contribution in [0.2, 0.25) is 0 Å². The Morgan fingerprint density at radius 1 is 1.04 bits per heavy atom. The normalized spacial score (nSPS) is 13.8. The summed E-state index contributed by atoms with van der Waals surface area (Å²) in [6, 6.07) is 22.1. The number of rotatable bonds is 6. The van der Waals surface area contributed by atoms with Crippen LogP contribution in [0.5, 0.6) is 0 Å². The quantitative estimate of drug-likeness (QED) is 0.227. The first-order chi connectivity index (χ1) is 22.9. The Morgan fingerprint density at radius 3 is 2.38 bits per heavy atom. The summed E-state index contributed by atoms with van der Waals surface area (Å²) in [6.07, 6.45) is 2.61. The van der Waals surface area contributed by atoms with E-state index in [-0.39, 0.29) is 35.3 Å². The zero-order valence-corrected chi connectivity index (χ0v) is 27.4. The highest BCUT2D eigenvalue weighted by Crippen LogP contribution is 2.37. The molecule has 244 valence electrons. The average Bonchev–Trinajstić information content (AvgIpc) is 3.46. The first-order valence-electron chi connectivity index (χ1n) is 15.9. The van der Waals surface area contributed by atoms with Crippen LogP contribution >= 0.6 is 0 Å². The van der Waals surface area contributed by atoms with Gasteiger partial charge < -0.3 is 15.4 Å². The zero-order valence-electron chi connectivity index (χ0n) is 27.4. The molecular formula is C37H37N7O4. The Balaban J connectivity index is 1.25. The fourth-order valence-electron chi connectivity index (χ4n) is 6.27. The van der Waals surface area contributed by atoms with Crippen molar-refractivity contribution in [1.29, 1.82) is 5.26 Å². The highest BCUT2D eigenvalue weighted by Gasteiger charge is 2.30. The molecule has 11 heteroatoms. The van der Waals surface area contributed by atoms with Crippen LogP contribution in [0.15, 0.2) is 77.9 Å². The summed E-state index contributed by atoms with van der Waals surface area (Å²) < 4.78 is 8.82. The molecule has 0 saturated carbocycles. The van der Waals surface area contributed by atoms with Crippen LogP contribution in [-0.2, 0) is 11.2 Å². The van der Waals surface area contributed by atoms with E-state index >= 15 is 0 Å². The number of benzene rings is 2. The van der Waals surface area contributed by atoms with Crippen LogP contribution in [0.4, 0.5) is 10.6 Å². The molecule has 2 aromatic carbocycles. The minimum Gasteiger partial charge on any atom is -0.444 e. The maximum absolute atomic E-state index is 13.5. The molecule has 0 unspecified atom stereocenters. The van der Waals surface area contributed by atoms with Crippen LogP contribution in [-0.4, -0.2) is 54.6 Å². The van der Waals surface area contributed by atoms with Crippen molar-refractivity contribution in [1.82, 2.24) is 24.1 Å². The van der Waals surface area contributed by atoms with Crippen molar-refractivity contribution in [2.75, 3.05) is 18.8 Å². The van der Waals surface area contributed by atoms with Gasteiger partial charge in [0.2, 0.25) is 0 Å². The van der Waals surface area contributed by atoms with Gasteiger partial charge in [-0.25, -0.2) is 14.3 Å². The second kappa shape index (κ2) is 12.8. The van der Waals surface area contributed by atoms with Crippen LogP contribution in [0.3, 0.4) is 0 Å². The lowest BCUT2D eigenvalue weighted by molar-refractivity contribution is 0.0203. The van der Waals surface area contributed by atoms with Crippen molar-refractivity contribution in [3.05, 3.63) is 111 Å². The van der Waals surface area contributed by atoms with Gasteiger partial charge in [-0.3, -0.25) is 14.2 Å². The molecule has 4 heterocycles. The molecule has 1 saturated heterocycles. The van der Waals surface area contributed by atoms with Crippen molar-refractivity contribution < 1.29 is 14.3 Å². The second-order valence-corrected chi connectivity index (χ2v) is 13.1. The topological polar surface area (TPSA) is 149 Å². The summed E-state index contributed by atoms with van der Waals surface area (Å²) in [4.78, 5) is 45.6. The molecular weight excluding hydrogens is 606 g/mol. The van der Waals surface area contributed by atoms with Crippen LogP contribution in [0.1, 0.15) is 72.4 Å². The number of nitriles is 1. The van der Waals surface area contributed by atoms with Gasteiger partial charge in [0.25, 0.3) is 5.56 Å². The molecule has 1 amide bonds. The fraction of sp³-hybridized carbons (Fsp3) is 0.297. The van der Waals surface area contributed by atoms with Gasteiger partial charge in [0, 0.05) is 48.1 Å². The summed E-state index contributed by atoms with van der Waals surface area (Å²) in [5.41, 5.74) is 10.8. The Kier molecular flexibility index (Phi) is 8.58. The van der Waals surface area contributed by atoms with E-state index in [1.165, 1.54) is 17.0 Å². The summed E-state index contributed by atoms with van der Waals surface area (Å²) in [5, 5.41) is 14.3. The Labute approximate surface area is 278 Å². The van der Waals surface area contributed by atoms with E-state index in [2.05, 4.69) is 22.2 Å². The molecule has 0 radical (unpaired) electrons. The Morgan fingerprint density at radius 2 is 1.73 bits per heavy atom. The fourth-order valence-corrected chi connectivity index (χ4v) is 6.27. The lowest BCUT2D eigenvalue weighted by Crippen LogP contribution is -2.41. The Hall–Kier alpha value is -5.76. The third-order valence-electron chi connectivity index (χ3n) is 8.69. The largest absolute Gasteiger partial charge is 0.444 e. The number of nitrogens with two attached hydrogens (primary N) is 1. The molecule has 1 aliphatic rings. The van der Waals surface area contributed by atoms with Gasteiger partial charge in [-0.2, -0.15) is 10.4 Å². The lowest BCUT2D eigenvalue weighted by atomic mass is 9.93. The number of fused-ring (bicyclic) bond motifs is 1. The molecule has 1 fully saturated rings. The van der Waals surface area contributed by atoms with E-state index in [9.17, 15) is 19.6 Å². The zero-order chi connectivity index (χ0) is 34.2. The van der Waals surface area contributed by atoms with Gasteiger partial charge >= 0.3 is 6.09 Å². The monoisotopic (exact) mass is 643 g/mol. The molecule has 11 nitrogen and oxygen atoms in total. The molecule has 2 N–H and O–H groups in total. The van der Waals surface area contributed by atoms with Gasteiger partial charge in [0.05, 0.1) is 11.1 Å². The Bertz CT molecular complexity index is 2110. The summed E-state index contributed by atoms with van der Waals surface area (Å²) in [5.74, 6) is 0.115. The van der Waals surface area contributed by atoms with E-state index in [4.69, 9.17) is 10.5 Å². The highest BCUT2D eigenvalue weighted by atomic mass is 16.6. The molecule has 0 bridgehead atoms. The average molecular weight is 644 g/mol. The van der Waals surface area contributed by atoms with Crippen LogP contribution < -0.4 is 11.3 Å². The van der Waals surface area contributed by atoms with Crippen molar-refractivity contribution in [2.45, 2.75) is 58.5 Å². The van der Waals surface area contributed by atoms with Crippen LogP contribution in [0.25, 0.3) is 22.3 Å². The molecule has 3 aromatic heterocycles. The first kappa shape index (κ1) is 32.2. The number of anilines is 1. The van der Waals surface area contributed by atoms with E-state index in [1.807, 2.05) is 55.6 Å².